The van der Waals surface area contributed by atoms with Crippen molar-refractivity contribution in [3.8, 4) is 5.40 Å². The number of thioether (sulfide) groups is 1. The molecule has 1 rings (SSSR count). The number of hydrogen-bond donors (Lipinski definition) is 0. The molecule has 0 atom stereocenters. The van der Waals surface area contributed by atoms with Crippen LogP contribution in [0.1, 0.15) is 26.5 Å². The molecule has 82 valence electrons. The molecule has 0 radical (unpaired) electrons. The Labute approximate surface area is 93.5 Å². The molecule has 0 bridgehead atoms. The fourth-order valence-electron chi connectivity index (χ4n) is 1.78. The van der Waals surface area contributed by atoms with Crippen LogP contribution in [-0.2, 0) is 19.5 Å². The molecule has 0 aliphatic carbocycles. The third-order valence-electron chi connectivity index (χ3n) is 2.38. The van der Waals surface area contributed by atoms with E-state index in [1.807, 2.05) is 30.9 Å². The lowest BCUT2D eigenvalue weighted by molar-refractivity contribution is 0.463. The van der Waals surface area contributed by atoms with E-state index in [1.54, 1.807) is 4.68 Å². The van der Waals surface area contributed by atoms with E-state index in [-0.39, 0.29) is 5.56 Å². The van der Waals surface area contributed by atoms with E-state index >= 15 is 0 Å². The Morgan fingerprint density at radius 3 is 2.27 bits per heavy atom. The molecule has 1 aromatic heterocycles. The van der Waals surface area contributed by atoms with Gasteiger partial charge >= 0.3 is 0 Å². The lowest BCUT2D eigenvalue weighted by Gasteiger charge is -2.09. The van der Waals surface area contributed by atoms with E-state index in [0.717, 1.165) is 30.4 Å². The predicted octanol–water partition coefficient (Wildman–Crippen LogP) is 1.83. The average molecular weight is 225 g/mol. The lowest BCUT2D eigenvalue weighted by Crippen LogP contribution is -2.22. The highest BCUT2D eigenvalue weighted by Crippen LogP contribution is 2.19. The predicted molar refractivity (Wildman–Crippen MR) is 60.9 cm³/mol. The van der Waals surface area contributed by atoms with Gasteiger partial charge in [-0.05, 0) is 32.0 Å². The van der Waals surface area contributed by atoms with Gasteiger partial charge in [-0.15, -0.1) is 0 Å². The van der Waals surface area contributed by atoms with Crippen LogP contribution in [-0.4, -0.2) is 9.36 Å². The van der Waals surface area contributed by atoms with Crippen LogP contribution in [0.4, 0.5) is 0 Å². The Morgan fingerprint density at radius 1 is 1.27 bits per heavy atom. The molecule has 0 fully saturated rings. The lowest BCUT2D eigenvalue weighted by atomic mass is 10.3. The molecule has 1 heterocycles. The summed E-state index contributed by atoms with van der Waals surface area (Å²) in [7, 11) is 0. The van der Waals surface area contributed by atoms with Gasteiger partial charge in [-0.1, -0.05) is 6.92 Å². The Bertz CT molecular complexity index is 439. The highest BCUT2D eigenvalue weighted by molar-refractivity contribution is 8.03. The van der Waals surface area contributed by atoms with Crippen LogP contribution in [0.15, 0.2) is 9.69 Å². The van der Waals surface area contributed by atoms with Crippen molar-refractivity contribution in [1.29, 1.82) is 5.26 Å². The molecule has 0 aliphatic rings. The Morgan fingerprint density at radius 2 is 1.87 bits per heavy atom. The summed E-state index contributed by atoms with van der Waals surface area (Å²) < 4.78 is 3.65. The second-order valence-electron chi connectivity index (χ2n) is 3.06. The average Bonchev–Trinajstić information content (AvgIpc) is 2.51. The van der Waals surface area contributed by atoms with Crippen molar-refractivity contribution in [2.45, 2.75) is 45.2 Å². The van der Waals surface area contributed by atoms with Gasteiger partial charge in [0.05, 0.1) is 5.69 Å². The van der Waals surface area contributed by atoms with E-state index in [2.05, 4.69) is 0 Å². The molecule has 0 aliphatic heterocycles. The van der Waals surface area contributed by atoms with Crippen molar-refractivity contribution in [3.05, 3.63) is 16.0 Å². The van der Waals surface area contributed by atoms with Crippen molar-refractivity contribution in [2.75, 3.05) is 0 Å². The van der Waals surface area contributed by atoms with E-state index < -0.39 is 0 Å². The standard InChI is InChI=1S/C10H15N3OS/c1-4-8-9(15-7-11)10(14)13(6-3)12(8)5-2/h4-6H2,1-3H3. The summed E-state index contributed by atoms with van der Waals surface area (Å²) in [6, 6.07) is 0. The summed E-state index contributed by atoms with van der Waals surface area (Å²) in [6.07, 6.45) is 0.778. The van der Waals surface area contributed by atoms with Gasteiger partial charge in [-0.3, -0.25) is 9.48 Å². The van der Waals surface area contributed by atoms with Gasteiger partial charge in [0.15, 0.2) is 0 Å². The highest BCUT2D eigenvalue weighted by Gasteiger charge is 2.17. The van der Waals surface area contributed by atoms with Crippen molar-refractivity contribution >= 4 is 11.8 Å². The molecule has 15 heavy (non-hydrogen) atoms. The first-order valence-electron chi connectivity index (χ1n) is 5.09. The SMILES string of the molecule is CCc1c(SC#N)c(=O)n(CC)n1CC. The minimum absolute atomic E-state index is 0.0391. The topological polar surface area (TPSA) is 50.7 Å². The number of aromatic nitrogens is 2. The monoisotopic (exact) mass is 225 g/mol. The summed E-state index contributed by atoms with van der Waals surface area (Å²) in [4.78, 5) is 12.5. The summed E-state index contributed by atoms with van der Waals surface area (Å²) in [5.41, 5.74) is 0.929. The molecule has 0 amide bonds. The van der Waals surface area contributed by atoms with Gasteiger partial charge in [-0.25, -0.2) is 4.68 Å². The molecule has 0 aromatic carbocycles. The minimum atomic E-state index is -0.0391. The third kappa shape index (κ3) is 1.95. The smallest absolute Gasteiger partial charge is 0.281 e. The molecule has 0 spiro atoms. The summed E-state index contributed by atoms with van der Waals surface area (Å²) in [5.74, 6) is 0. The van der Waals surface area contributed by atoms with Gasteiger partial charge in [0.2, 0.25) is 0 Å². The maximum atomic E-state index is 11.9. The van der Waals surface area contributed by atoms with E-state index in [0.29, 0.717) is 11.4 Å². The van der Waals surface area contributed by atoms with Crippen LogP contribution in [0.5, 0.6) is 0 Å². The van der Waals surface area contributed by atoms with Gasteiger partial charge in [-0.2, -0.15) is 5.26 Å². The van der Waals surface area contributed by atoms with Gasteiger partial charge < -0.3 is 0 Å². The van der Waals surface area contributed by atoms with Gasteiger partial charge in [0.1, 0.15) is 10.3 Å². The van der Waals surface area contributed by atoms with Crippen LogP contribution in [0.2, 0.25) is 0 Å². The highest BCUT2D eigenvalue weighted by atomic mass is 32.2. The van der Waals surface area contributed by atoms with Crippen LogP contribution >= 0.6 is 11.8 Å². The Balaban J connectivity index is 3.45. The zero-order valence-electron chi connectivity index (χ0n) is 9.28. The molecule has 0 saturated heterocycles. The first-order chi connectivity index (χ1) is 7.21. The molecule has 0 saturated carbocycles. The number of thiocyanates is 1. The fraction of sp³-hybridized carbons (Fsp3) is 0.600. The Hall–Kier alpha value is -1.15. The number of nitriles is 1. The molecular weight excluding hydrogens is 210 g/mol. The second-order valence-corrected chi connectivity index (χ2v) is 3.85. The first kappa shape index (κ1) is 11.9. The van der Waals surface area contributed by atoms with Crippen molar-refractivity contribution in [3.63, 3.8) is 0 Å². The molecular formula is C10H15N3OS. The van der Waals surface area contributed by atoms with E-state index in [4.69, 9.17) is 5.26 Å². The second kappa shape index (κ2) is 5.08. The van der Waals surface area contributed by atoms with Crippen molar-refractivity contribution in [1.82, 2.24) is 9.36 Å². The maximum absolute atomic E-state index is 11.9. The molecule has 5 heteroatoms. The van der Waals surface area contributed by atoms with Crippen molar-refractivity contribution in [2.24, 2.45) is 0 Å². The molecule has 0 unspecified atom stereocenters. The van der Waals surface area contributed by atoms with Crippen LogP contribution in [0.25, 0.3) is 0 Å². The van der Waals surface area contributed by atoms with Crippen LogP contribution in [0, 0.1) is 10.7 Å². The summed E-state index contributed by atoms with van der Waals surface area (Å²) in [6.45, 7) is 7.35. The van der Waals surface area contributed by atoms with E-state index in [1.165, 1.54) is 0 Å². The normalized spacial score (nSPS) is 10.3. The molecule has 1 aromatic rings. The Kier molecular flexibility index (Phi) is 4.04. The largest absolute Gasteiger partial charge is 0.286 e. The first-order valence-corrected chi connectivity index (χ1v) is 5.91. The van der Waals surface area contributed by atoms with Gasteiger partial charge in [0, 0.05) is 13.1 Å². The molecule has 4 nitrogen and oxygen atoms in total. The molecule has 0 N–H and O–H groups in total. The maximum Gasteiger partial charge on any atom is 0.281 e. The zero-order valence-corrected chi connectivity index (χ0v) is 10.1. The number of nitrogens with zero attached hydrogens (tertiary/aromatic N) is 3. The fourth-order valence-corrected chi connectivity index (χ4v) is 2.43. The zero-order chi connectivity index (χ0) is 11.4. The van der Waals surface area contributed by atoms with Crippen molar-refractivity contribution < 1.29 is 0 Å². The quantitative estimate of drug-likeness (QED) is 0.580. The minimum Gasteiger partial charge on any atom is -0.286 e. The van der Waals surface area contributed by atoms with E-state index in [9.17, 15) is 4.79 Å². The summed E-state index contributed by atoms with van der Waals surface area (Å²) >= 11 is 0.970. The van der Waals surface area contributed by atoms with Crippen LogP contribution < -0.4 is 5.56 Å². The summed E-state index contributed by atoms with van der Waals surface area (Å²) in [5, 5.41) is 10.6. The third-order valence-corrected chi connectivity index (χ3v) is 3.08. The van der Waals surface area contributed by atoms with Crippen LogP contribution in [0.3, 0.4) is 0 Å². The number of hydrogen-bond acceptors (Lipinski definition) is 3. The van der Waals surface area contributed by atoms with Gasteiger partial charge in [0.25, 0.3) is 5.56 Å². The number of rotatable bonds is 4.